The lowest BCUT2D eigenvalue weighted by Crippen LogP contribution is -2.52. The highest BCUT2D eigenvalue weighted by Gasteiger charge is 2.36. The molecular formula is C14H15ClN6O3. The van der Waals surface area contributed by atoms with Crippen molar-refractivity contribution in [3.05, 3.63) is 40.7 Å². The van der Waals surface area contributed by atoms with Gasteiger partial charge < -0.3 is 21.1 Å². The average molecular weight is 351 g/mol. The number of hydrogen-bond donors (Lipinski definition) is 4. The molecule has 1 saturated heterocycles. The molecule has 9 nitrogen and oxygen atoms in total. The summed E-state index contributed by atoms with van der Waals surface area (Å²) in [5.74, 6) is -0.216. The van der Waals surface area contributed by atoms with Gasteiger partial charge in [-0.05, 0) is 11.6 Å². The lowest BCUT2D eigenvalue weighted by molar-refractivity contribution is -0.148. The highest BCUT2D eigenvalue weighted by Crippen LogP contribution is 2.28. The molecule has 10 heteroatoms. The molecule has 3 rings (SSSR count). The second kappa shape index (κ2) is 6.85. The minimum atomic E-state index is -0.914. The number of hydrogen-bond acceptors (Lipinski definition) is 6. The van der Waals surface area contributed by atoms with Gasteiger partial charge in [-0.1, -0.05) is 29.8 Å². The summed E-state index contributed by atoms with van der Waals surface area (Å²) < 4.78 is 5.41. The van der Waals surface area contributed by atoms with Crippen molar-refractivity contribution in [3.8, 4) is 0 Å². The molecule has 2 atom stereocenters. The predicted octanol–water partition coefficient (Wildman–Crippen LogP) is -0.0872. The van der Waals surface area contributed by atoms with E-state index in [1.165, 1.54) is 0 Å². The molecule has 24 heavy (non-hydrogen) atoms. The van der Waals surface area contributed by atoms with E-state index in [-0.39, 0.29) is 25.0 Å². The van der Waals surface area contributed by atoms with Gasteiger partial charge >= 0.3 is 0 Å². The number of nitrogens with two attached hydrogens (primary N) is 1. The normalized spacial score (nSPS) is 20.5. The van der Waals surface area contributed by atoms with E-state index in [1.807, 2.05) is 0 Å². The average Bonchev–Trinajstić information content (AvgIpc) is 2.98. The Labute approximate surface area is 141 Å². The molecule has 0 saturated carbocycles. The number of aromatic amines is 1. The Kier molecular flexibility index (Phi) is 4.63. The van der Waals surface area contributed by atoms with Crippen molar-refractivity contribution in [1.82, 2.24) is 25.8 Å². The third-order valence-corrected chi connectivity index (χ3v) is 3.84. The van der Waals surface area contributed by atoms with Crippen LogP contribution in [0.1, 0.15) is 17.4 Å². The van der Waals surface area contributed by atoms with Crippen LogP contribution in [0.2, 0.25) is 5.02 Å². The van der Waals surface area contributed by atoms with Gasteiger partial charge in [-0.2, -0.15) is 4.98 Å². The van der Waals surface area contributed by atoms with Gasteiger partial charge in [-0.15, -0.1) is 5.10 Å². The zero-order valence-corrected chi connectivity index (χ0v) is 13.2. The van der Waals surface area contributed by atoms with Crippen molar-refractivity contribution in [2.45, 2.75) is 18.7 Å². The van der Waals surface area contributed by atoms with Gasteiger partial charge in [0.15, 0.2) is 6.10 Å². The fourth-order valence-electron chi connectivity index (χ4n) is 2.41. The zero-order chi connectivity index (χ0) is 17.1. The van der Waals surface area contributed by atoms with Crippen LogP contribution in [0.15, 0.2) is 24.3 Å². The van der Waals surface area contributed by atoms with E-state index in [1.54, 1.807) is 24.3 Å². The highest BCUT2D eigenvalue weighted by atomic mass is 35.5. The molecule has 0 spiro atoms. The number of aromatic nitrogens is 3. The molecule has 0 radical (unpaired) electrons. The molecule has 5 N–H and O–H groups in total. The summed E-state index contributed by atoms with van der Waals surface area (Å²) in [7, 11) is 0. The Hall–Kier alpha value is -2.65. The number of carbonyl (C=O) groups is 2. The van der Waals surface area contributed by atoms with Gasteiger partial charge in [0, 0.05) is 5.02 Å². The fraction of sp³-hybridized carbons (Fsp3) is 0.286. The minimum absolute atomic E-state index is 0.0920. The van der Waals surface area contributed by atoms with Gasteiger partial charge in [0.25, 0.3) is 5.91 Å². The van der Waals surface area contributed by atoms with Crippen LogP contribution in [0.3, 0.4) is 0 Å². The molecule has 0 bridgehead atoms. The number of nitrogens with zero attached hydrogens (tertiary/aromatic N) is 2. The quantitative estimate of drug-likeness (QED) is 0.608. The minimum Gasteiger partial charge on any atom is -0.367 e. The number of carbonyl (C=O) groups excluding carboxylic acids is 2. The van der Waals surface area contributed by atoms with Gasteiger partial charge in [-0.3, -0.25) is 14.7 Å². The second-order valence-corrected chi connectivity index (χ2v) is 5.56. The van der Waals surface area contributed by atoms with Crippen molar-refractivity contribution in [1.29, 1.82) is 0 Å². The van der Waals surface area contributed by atoms with Gasteiger partial charge in [0.1, 0.15) is 12.4 Å². The van der Waals surface area contributed by atoms with Crippen LogP contribution in [0, 0.1) is 0 Å². The lowest BCUT2D eigenvalue weighted by atomic mass is 9.99. The number of nitrogens with one attached hydrogen (secondary N) is 3. The Morgan fingerprint density at radius 3 is 2.96 bits per heavy atom. The Balaban J connectivity index is 1.74. The van der Waals surface area contributed by atoms with Crippen LogP contribution < -0.4 is 16.4 Å². The number of rotatable bonds is 4. The van der Waals surface area contributed by atoms with Crippen LogP contribution in [0.5, 0.6) is 0 Å². The molecular weight excluding hydrogens is 336 g/mol. The van der Waals surface area contributed by atoms with Crippen molar-refractivity contribution in [3.63, 3.8) is 0 Å². The van der Waals surface area contributed by atoms with E-state index in [0.29, 0.717) is 16.4 Å². The van der Waals surface area contributed by atoms with Gasteiger partial charge in [0.05, 0.1) is 12.6 Å². The number of amides is 2. The molecule has 1 fully saturated rings. The van der Waals surface area contributed by atoms with Crippen molar-refractivity contribution in [2.24, 2.45) is 0 Å². The first-order valence-corrected chi connectivity index (χ1v) is 7.52. The lowest BCUT2D eigenvalue weighted by Gasteiger charge is -2.32. The fourth-order valence-corrected chi connectivity index (χ4v) is 2.66. The molecule has 2 amide bonds. The number of ether oxygens (including phenoxy) is 1. The molecule has 2 heterocycles. The van der Waals surface area contributed by atoms with E-state index in [9.17, 15) is 9.59 Å². The maximum atomic E-state index is 12.5. The topological polar surface area (TPSA) is 135 Å². The van der Waals surface area contributed by atoms with Crippen molar-refractivity contribution >= 4 is 29.4 Å². The van der Waals surface area contributed by atoms with Gasteiger partial charge in [-0.25, -0.2) is 0 Å². The highest BCUT2D eigenvalue weighted by molar-refractivity contribution is 6.31. The standard InChI is InChI=1S/C14H15ClN6O3/c15-8-4-2-1-3-7(8)11-12(24-6-10(22)19-11)13(23)17-5-9-18-14(16)21-20-9/h1-4,11-12H,5-6H2,(H,17,23)(H,19,22)(H3,16,18,20,21)/t11-,12+/m1/s1. The Morgan fingerprint density at radius 2 is 2.25 bits per heavy atom. The third kappa shape index (κ3) is 3.47. The SMILES string of the molecule is Nc1n[nH]c(CNC(=O)[C@H]2OCC(=O)N[C@@H]2c2ccccc2Cl)n1. The largest absolute Gasteiger partial charge is 0.367 e. The molecule has 0 unspecified atom stereocenters. The number of anilines is 1. The first kappa shape index (κ1) is 16.2. The summed E-state index contributed by atoms with van der Waals surface area (Å²) in [5.41, 5.74) is 6.01. The summed E-state index contributed by atoms with van der Waals surface area (Å²) in [6.45, 7) is -0.0968. The first-order valence-electron chi connectivity index (χ1n) is 7.14. The van der Waals surface area contributed by atoms with Crippen molar-refractivity contribution in [2.75, 3.05) is 12.3 Å². The molecule has 126 valence electrons. The van der Waals surface area contributed by atoms with Crippen LogP contribution >= 0.6 is 11.6 Å². The second-order valence-electron chi connectivity index (χ2n) is 5.16. The first-order chi connectivity index (χ1) is 11.5. The van der Waals surface area contributed by atoms with E-state index >= 15 is 0 Å². The maximum Gasteiger partial charge on any atom is 0.252 e. The molecule has 0 aliphatic carbocycles. The number of morpholine rings is 1. The number of benzene rings is 1. The summed E-state index contributed by atoms with van der Waals surface area (Å²) in [4.78, 5) is 28.0. The smallest absolute Gasteiger partial charge is 0.252 e. The molecule has 1 aliphatic rings. The Morgan fingerprint density at radius 1 is 1.46 bits per heavy atom. The summed E-state index contributed by atoms with van der Waals surface area (Å²) >= 11 is 6.18. The zero-order valence-electron chi connectivity index (χ0n) is 12.5. The Bertz CT molecular complexity index is 764. The van der Waals surface area contributed by atoms with E-state index in [4.69, 9.17) is 22.1 Å². The van der Waals surface area contributed by atoms with Crippen molar-refractivity contribution < 1.29 is 14.3 Å². The van der Waals surface area contributed by atoms with E-state index in [0.717, 1.165) is 0 Å². The summed E-state index contributed by atoms with van der Waals surface area (Å²) in [5, 5.41) is 12.1. The molecule has 1 aromatic heterocycles. The molecule has 1 aromatic carbocycles. The number of H-pyrrole nitrogens is 1. The van der Waals surface area contributed by atoms with E-state index < -0.39 is 18.1 Å². The van der Waals surface area contributed by atoms with E-state index in [2.05, 4.69) is 25.8 Å². The van der Waals surface area contributed by atoms with Crippen LogP contribution in [-0.2, 0) is 20.9 Å². The maximum absolute atomic E-state index is 12.5. The van der Waals surface area contributed by atoms with Gasteiger partial charge in [0.2, 0.25) is 11.9 Å². The van der Waals surface area contributed by atoms with Crippen LogP contribution in [0.25, 0.3) is 0 Å². The number of halogens is 1. The predicted molar refractivity (Wildman–Crippen MR) is 84.7 cm³/mol. The third-order valence-electron chi connectivity index (χ3n) is 3.49. The molecule has 1 aliphatic heterocycles. The monoisotopic (exact) mass is 350 g/mol. The summed E-state index contributed by atoms with van der Waals surface area (Å²) in [6.07, 6.45) is -0.914. The molecule has 2 aromatic rings. The summed E-state index contributed by atoms with van der Waals surface area (Å²) in [6, 6.07) is 6.28. The number of nitrogen functional groups attached to an aromatic ring is 1. The van der Waals surface area contributed by atoms with Crippen LogP contribution in [-0.4, -0.2) is 39.7 Å². The van der Waals surface area contributed by atoms with Crippen LogP contribution in [0.4, 0.5) is 5.95 Å².